The Morgan fingerprint density at radius 3 is 2.58 bits per heavy atom. The van der Waals surface area contributed by atoms with Crippen LogP contribution in [-0.2, 0) is 0 Å². The zero-order valence-electron chi connectivity index (χ0n) is 14.8. The van der Waals surface area contributed by atoms with E-state index in [9.17, 15) is 4.79 Å². The predicted octanol–water partition coefficient (Wildman–Crippen LogP) is 4.46. The van der Waals surface area contributed by atoms with E-state index in [4.69, 9.17) is 11.6 Å². The molecule has 1 saturated carbocycles. The molecular formula is C19H24ClN5O. The van der Waals surface area contributed by atoms with Gasteiger partial charge in [0, 0.05) is 25.2 Å². The Morgan fingerprint density at radius 1 is 1.12 bits per heavy atom. The maximum Gasteiger partial charge on any atom is 0.321 e. The molecule has 26 heavy (non-hydrogen) atoms. The summed E-state index contributed by atoms with van der Waals surface area (Å²) in [5.74, 6) is 0.588. The topological polar surface area (TPSA) is 63.1 Å². The van der Waals surface area contributed by atoms with Gasteiger partial charge < -0.3 is 10.2 Å². The van der Waals surface area contributed by atoms with Crippen molar-refractivity contribution >= 4 is 23.3 Å². The second-order valence-corrected chi connectivity index (χ2v) is 7.64. The lowest BCUT2D eigenvalue weighted by Crippen LogP contribution is -2.41. The van der Waals surface area contributed by atoms with Crippen LogP contribution in [0.1, 0.15) is 56.2 Å². The number of aromatic nitrogens is 3. The standard InChI is InChI=1S/C19H24ClN5O/c20-16-7-3-4-8-17(16)21-19(26)24-11-9-15(10-12-24)25-13-18(22-23-25)14-5-1-2-6-14/h3-4,7-8,13-15H,1-2,5-6,9-12H2,(H,21,26). The van der Waals surface area contributed by atoms with Gasteiger partial charge in [0.25, 0.3) is 0 Å². The third kappa shape index (κ3) is 3.70. The van der Waals surface area contributed by atoms with Gasteiger partial charge in [0.1, 0.15) is 0 Å². The third-order valence-electron chi connectivity index (χ3n) is 5.54. The van der Waals surface area contributed by atoms with Gasteiger partial charge in [0.2, 0.25) is 0 Å². The van der Waals surface area contributed by atoms with Crippen molar-refractivity contribution in [1.29, 1.82) is 0 Å². The predicted molar refractivity (Wildman–Crippen MR) is 102 cm³/mol. The smallest absolute Gasteiger partial charge is 0.321 e. The summed E-state index contributed by atoms with van der Waals surface area (Å²) in [7, 11) is 0. The van der Waals surface area contributed by atoms with Gasteiger partial charge >= 0.3 is 6.03 Å². The third-order valence-corrected chi connectivity index (χ3v) is 5.87. The van der Waals surface area contributed by atoms with E-state index in [1.165, 1.54) is 25.7 Å². The van der Waals surface area contributed by atoms with Gasteiger partial charge in [0.15, 0.2) is 0 Å². The molecule has 2 aromatic rings. The van der Waals surface area contributed by atoms with Crippen LogP contribution in [0.2, 0.25) is 5.02 Å². The molecule has 7 heteroatoms. The van der Waals surface area contributed by atoms with Gasteiger partial charge in [-0.05, 0) is 37.8 Å². The number of para-hydroxylation sites is 1. The van der Waals surface area contributed by atoms with Gasteiger partial charge in [-0.3, -0.25) is 0 Å². The molecule has 6 nitrogen and oxygen atoms in total. The average molecular weight is 374 g/mol. The van der Waals surface area contributed by atoms with Crippen molar-refractivity contribution in [3.8, 4) is 0 Å². The van der Waals surface area contributed by atoms with Crippen molar-refractivity contribution in [3.63, 3.8) is 0 Å². The highest BCUT2D eigenvalue weighted by molar-refractivity contribution is 6.33. The van der Waals surface area contributed by atoms with Crippen molar-refractivity contribution < 1.29 is 4.79 Å². The molecule has 2 aliphatic rings. The van der Waals surface area contributed by atoms with Gasteiger partial charge in [-0.25, -0.2) is 9.48 Å². The van der Waals surface area contributed by atoms with E-state index >= 15 is 0 Å². The fourth-order valence-corrected chi connectivity index (χ4v) is 4.15. The number of benzene rings is 1. The summed E-state index contributed by atoms with van der Waals surface area (Å²) in [4.78, 5) is 14.3. The number of hydrogen-bond acceptors (Lipinski definition) is 3. The first-order chi connectivity index (χ1) is 12.7. The van der Waals surface area contributed by atoms with E-state index in [0.29, 0.717) is 35.8 Å². The number of halogens is 1. The zero-order chi connectivity index (χ0) is 17.9. The molecule has 1 aromatic heterocycles. The number of anilines is 1. The maximum absolute atomic E-state index is 12.5. The second-order valence-electron chi connectivity index (χ2n) is 7.23. The molecule has 0 radical (unpaired) electrons. The fraction of sp³-hybridized carbons (Fsp3) is 0.526. The molecule has 138 valence electrons. The lowest BCUT2D eigenvalue weighted by molar-refractivity contribution is 0.179. The van der Waals surface area contributed by atoms with Crippen molar-refractivity contribution in [2.75, 3.05) is 18.4 Å². The second kappa shape index (κ2) is 7.66. The summed E-state index contributed by atoms with van der Waals surface area (Å²) in [6.45, 7) is 1.42. The Morgan fingerprint density at radius 2 is 1.85 bits per heavy atom. The van der Waals surface area contributed by atoms with Crippen LogP contribution < -0.4 is 5.32 Å². The van der Waals surface area contributed by atoms with Crippen LogP contribution in [0.4, 0.5) is 10.5 Å². The normalized spacial score (nSPS) is 19.0. The van der Waals surface area contributed by atoms with Crippen LogP contribution in [0.15, 0.2) is 30.5 Å². The number of carbonyl (C=O) groups excluding carboxylic acids is 1. The molecular weight excluding hydrogens is 350 g/mol. The molecule has 2 amide bonds. The average Bonchev–Trinajstić information content (AvgIpc) is 3.35. The molecule has 1 N–H and O–H groups in total. The number of piperidine rings is 1. The summed E-state index contributed by atoms with van der Waals surface area (Å²) in [5, 5.41) is 12.2. The van der Waals surface area contributed by atoms with Crippen molar-refractivity contribution in [2.24, 2.45) is 0 Å². The molecule has 1 saturated heterocycles. The van der Waals surface area contributed by atoms with E-state index in [2.05, 4.69) is 21.8 Å². The van der Waals surface area contributed by atoms with Crippen LogP contribution in [-0.4, -0.2) is 39.0 Å². The van der Waals surface area contributed by atoms with E-state index in [0.717, 1.165) is 18.5 Å². The lowest BCUT2D eigenvalue weighted by Gasteiger charge is -2.31. The van der Waals surface area contributed by atoms with E-state index in [1.807, 2.05) is 27.8 Å². The Hall–Kier alpha value is -2.08. The lowest BCUT2D eigenvalue weighted by atomic mass is 10.0. The van der Waals surface area contributed by atoms with E-state index in [-0.39, 0.29) is 6.03 Å². The van der Waals surface area contributed by atoms with E-state index in [1.54, 1.807) is 6.07 Å². The number of carbonyl (C=O) groups is 1. The Labute approximate surface area is 158 Å². The first-order valence-electron chi connectivity index (χ1n) is 9.43. The van der Waals surface area contributed by atoms with Crippen LogP contribution in [0.25, 0.3) is 0 Å². The number of nitrogens with one attached hydrogen (secondary N) is 1. The minimum atomic E-state index is -0.0956. The molecule has 0 bridgehead atoms. The van der Waals surface area contributed by atoms with Crippen molar-refractivity contribution in [2.45, 2.75) is 50.5 Å². The molecule has 2 fully saturated rings. The van der Waals surface area contributed by atoms with Crippen LogP contribution in [0, 0.1) is 0 Å². The Bertz CT molecular complexity index is 763. The summed E-state index contributed by atoms with van der Waals surface area (Å²) in [6, 6.07) is 7.52. The monoisotopic (exact) mass is 373 g/mol. The van der Waals surface area contributed by atoms with Crippen LogP contribution >= 0.6 is 11.6 Å². The summed E-state index contributed by atoms with van der Waals surface area (Å²) in [5.41, 5.74) is 1.79. The number of hydrogen-bond donors (Lipinski definition) is 1. The first-order valence-corrected chi connectivity index (χ1v) is 9.80. The molecule has 0 spiro atoms. The minimum absolute atomic E-state index is 0.0956. The molecule has 0 atom stereocenters. The number of nitrogens with zero attached hydrogens (tertiary/aromatic N) is 4. The molecule has 2 heterocycles. The molecule has 4 rings (SSSR count). The number of amides is 2. The number of urea groups is 1. The minimum Gasteiger partial charge on any atom is -0.324 e. The van der Waals surface area contributed by atoms with Crippen LogP contribution in [0.3, 0.4) is 0 Å². The fourth-order valence-electron chi connectivity index (χ4n) is 3.97. The summed E-state index contributed by atoms with van der Waals surface area (Å²) in [6.07, 6.45) is 8.98. The number of likely N-dealkylation sites (tertiary alicyclic amines) is 1. The van der Waals surface area contributed by atoms with E-state index < -0.39 is 0 Å². The largest absolute Gasteiger partial charge is 0.324 e. The Balaban J connectivity index is 1.32. The highest BCUT2D eigenvalue weighted by Gasteiger charge is 2.26. The highest BCUT2D eigenvalue weighted by atomic mass is 35.5. The summed E-state index contributed by atoms with van der Waals surface area (Å²) < 4.78 is 2.01. The first kappa shape index (κ1) is 17.3. The van der Waals surface area contributed by atoms with Crippen molar-refractivity contribution in [3.05, 3.63) is 41.2 Å². The van der Waals surface area contributed by atoms with Crippen molar-refractivity contribution in [1.82, 2.24) is 19.9 Å². The number of rotatable bonds is 3. The summed E-state index contributed by atoms with van der Waals surface area (Å²) >= 11 is 6.11. The molecule has 0 unspecified atom stereocenters. The molecule has 1 aliphatic carbocycles. The zero-order valence-corrected chi connectivity index (χ0v) is 15.5. The molecule has 1 aliphatic heterocycles. The quantitative estimate of drug-likeness (QED) is 0.863. The van der Waals surface area contributed by atoms with Gasteiger partial charge in [-0.1, -0.05) is 41.8 Å². The van der Waals surface area contributed by atoms with Gasteiger partial charge in [0.05, 0.1) is 22.4 Å². The highest BCUT2D eigenvalue weighted by Crippen LogP contribution is 2.33. The van der Waals surface area contributed by atoms with Gasteiger partial charge in [-0.2, -0.15) is 0 Å². The van der Waals surface area contributed by atoms with Crippen LogP contribution in [0.5, 0.6) is 0 Å². The maximum atomic E-state index is 12.5. The van der Waals surface area contributed by atoms with Gasteiger partial charge in [-0.15, -0.1) is 5.10 Å². The SMILES string of the molecule is O=C(Nc1ccccc1Cl)N1CCC(n2cc(C3CCCC3)nn2)CC1. The Kier molecular flexibility index (Phi) is 5.11. The molecule has 1 aromatic carbocycles.